The highest BCUT2D eigenvalue weighted by Crippen LogP contribution is 2.03. The van der Waals surface area contributed by atoms with Crippen LogP contribution in [0.25, 0.3) is 0 Å². The molecule has 0 bridgehead atoms. The van der Waals surface area contributed by atoms with Crippen LogP contribution in [0.15, 0.2) is 0 Å². The molecule has 0 fully saturated rings. The van der Waals surface area contributed by atoms with Crippen molar-refractivity contribution >= 4 is 69.9 Å². The van der Waals surface area contributed by atoms with Gasteiger partial charge in [0.05, 0.1) is 39.9 Å². The van der Waals surface area contributed by atoms with Crippen LogP contribution in [0.5, 0.6) is 0 Å². The summed E-state index contributed by atoms with van der Waals surface area (Å²) in [5, 5.41) is 0. The molecule has 0 aromatic rings. The Kier molecular flexibility index (Phi) is 24.3. The Labute approximate surface area is 259 Å². The van der Waals surface area contributed by atoms with Crippen LogP contribution in [0.4, 0.5) is 0 Å². The lowest BCUT2D eigenvalue weighted by Gasteiger charge is -2.29. The highest BCUT2D eigenvalue weighted by atomic mass is 127. The Balaban J connectivity index is 4.72. The summed E-state index contributed by atoms with van der Waals surface area (Å²) < 4.78 is 18.2. The van der Waals surface area contributed by atoms with Gasteiger partial charge >= 0.3 is 23.9 Å². The molecule has 16 heteroatoms. The monoisotopic (exact) mass is 788 g/mol. The molecule has 0 saturated carbocycles. The first kappa shape index (κ1) is 38.1. The van der Waals surface area contributed by atoms with Crippen LogP contribution in [0.3, 0.4) is 0 Å². The van der Waals surface area contributed by atoms with Gasteiger partial charge in [0.25, 0.3) is 0 Å². The fourth-order valence-corrected chi connectivity index (χ4v) is 3.87. The summed E-state index contributed by atoms with van der Waals surface area (Å²) in [4.78, 5) is 64.1. The molecule has 0 spiro atoms. The topological polar surface area (TPSA) is 137 Å². The van der Waals surface area contributed by atoms with Crippen molar-refractivity contribution < 1.29 is 44.9 Å². The van der Waals surface area contributed by atoms with Crippen LogP contribution >= 0.6 is 46.0 Å². The van der Waals surface area contributed by atoms with E-state index in [0.29, 0.717) is 39.3 Å². The fraction of sp³-hybridized carbons (Fsp3) is 0.826. The van der Waals surface area contributed by atoms with E-state index in [1.807, 2.05) is 11.9 Å². The first-order valence-corrected chi connectivity index (χ1v) is 14.4. The van der Waals surface area contributed by atoms with Gasteiger partial charge in [-0.25, -0.2) is 9.59 Å². The second-order valence-corrected chi connectivity index (χ2v) is 9.33. The summed E-state index contributed by atoms with van der Waals surface area (Å²) in [6.07, 6.45) is 0.760. The maximum atomic E-state index is 11.7. The standard InChI is InChI=1S/C23H42I2N4O10/c1-5-27(18-19-29(12-8-22(32)36-38-24)13-9-23(33)37-39-25)16-14-26(2)15-17-28(10-6-20(30)34-3)11-7-21(31)35-4/h5-19H2,1-4H3. The quantitative estimate of drug-likeness (QED) is 0.0604. The molecule has 0 aliphatic heterocycles. The van der Waals surface area contributed by atoms with Crippen molar-refractivity contribution in [2.45, 2.75) is 32.6 Å². The van der Waals surface area contributed by atoms with Crippen molar-refractivity contribution in [3.8, 4) is 0 Å². The second kappa shape index (κ2) is 24.9. The molecule has 0 atom stereocenters. The minimum Gasteiger partial charge on any atom is -0.469 e. The van der Waals surface area contributed by atoms with Crippen molar-refractivity contribution in [3.63, 3.8) is 0 Å². The average molecular weight is 788 g/mol. The van der Waals surface area contributed by atoms with Gasteiger partial charge in [0, 0.05) is 65.4 Å². The maximum Gasteiger partial charge on any atom is 0.344 e. The van der Waals surface area contributed by atoms with E-state index in [2.05, 4.69) is 37.8 Å². The van der Waals surface area contributed by atoms with Gasteiger partial charge < -0.3 is 29.1 Å². The second-order valence-electron chi connectivity index (χ2n) is 8.61. The summed E-state index contributed by atoms with van der Waals surface area (Å²) in [5.41, 5.74) is 0. The Bertz CT molecular complexity index is 666. The number of esters is 2. The molecule has 0 amide bonds. The van der Waals surface area contributed by atoms with E-state index < -0.39 is 11.9 Å². The lowest BCUT2D eigenvalue weighted by Crippen LogP contribution is -2.41. The Morgan fingerprint density at radius 1 is 0.538 bits per heavy atom. The number of carbonyl (C=O) groups is 4. The summed E-state index contributed by atoms with van der Waals surface area (Å²) >= 11 is 2.96. The van der Waals surface area contributed by atoms with Gasteiger partial charge in [-0.05, 0) is 13.6 Å². The highest BCUT2D eigenvalue weighted by Gasteiger charge is 2.16. The summed E-state index contributed by atoms with van der Waals surface area (Å²) in [6.45, 7) is 9.20. The number of rotatable bonds is 24. The zero-order chi connectivity index (χ0) is 29.5. The minimum atomic E-state index is -0.492. The zero-order valence-electron chi connectivity index (χ0n) is 23.2. The molecule has 0 unspecified atom stereocenters. The van der Waals surface area contributed by atoms with Crippen LogP contribution < -0.4 is 0 Å². The molecule has 14 nitrogen and oxygen atoms in total. The lowest BCUT2D eigenvalue weighted by molar-refractivity contribution is -0.196. The molecule has 0 aliphatic carbocycles. The van der Waals surface area contributed by atoms with Crippen LogP contribution in [-0.2, 0) is 44.9 Å². The zero-order valence-corrected chi connectivity index (χ0v) is 27.5. The van der Waals surface area contributed by atoms with Gasteiger partial charge in [-0.1, -0.05) is 6.92 Å². The van der Waals surface area contributed by atoms with Gasteiger partial charge in [-0.3, -0.25) is 19.4 Å². The van der Waals surface area contributed by atoms with Crippen LogP contribution in [0.2, 0.25) is 0 Å². The molecule has 0 radical (unpaired) electrons. The average Bonchev–Trinajstić information content (AvgIpc) is 2.93. The van der Waals surface area contributed by atoms with E-state index in [1.165, 1.54) is 60.2 Å². The van der Waals surface area contributed by atoms with Gasteiger partial charge in [-0.15, -0.1) is 6.43 Å². The molecule has 0 aromatic heterocycles. The molecule has 0 aliphatic rings. The normalized spacial score (nSPS) is 11.3. The summed E-state index contributed by atoms with van der Waals surface area (Å²) in [5.74, 6) is -1.56. The maximum absolute atomic E-state index is 11.7. The fourth-order valence-electron chi connectivity index (χ4n) is 3.47. The van der Waals surface area contributed by atoms with Crippen molar-refractivity contribution in [2.75, 3.05) is 93.3 Å². The molecular formula is C23H42I2N4O10. The van der Waals surface area contributed by atoms with E-state index in [1.54, 1.807) is 0 Å². The van der Waals surface area contributed by atoms with Gasteiger partial charge in [0.1, 0.15) is 0 Å². The molecule has 0 aromatic carbocycles. The highest BCUT2D eigenvalue weighted by molar-refractivity contribution is 14.1. The molecule has 39 heavy (non-hydrogen) atoms. The predicted molar refractivity (Wildman–Crippen MR) is 157 cm³/mol. The first-order valence-electron chi connectivity index (χ1n) is 12.6. The number of ether oxygens (including phenoxy) is 2. The molecular weight excluding hydrogens is 746 g/mol. The minimum absolute atomic E-state index is 0.123. The number of hydrogen-bond acceptors (Lipinski definition) is 14. The van der Waals surface area contributed by atoms with Crippen LogP contribution in [0.1, 0.15) is 32.6 Å². The Morgan fingerprint density at radius 3 is 1.23 bits per heavy atom. The number of nitrogens with zero attached hydrogens (tertiary/aromatic N) is 4. The van der Waals surface area contributed by atoms with Gasteiger partial charge in [0.15, 0.2) is 46.0 Å². The number of halogens is 2. The first-order chi connectivity index (χ1) is 18.7. The predicted octanol–water partition coefficient (Wildman–Crippen LogP) is 1.40. The third-order valence-electron chi connectivity index (χ3n) is 6.01. The SMILES string of the molecule is CCN(CCN(C)CCN(CCC(=O)OC)CCC(=O)OC)CCN(CCC(=O)OOI)CCC(=O)OOI. The van der Waals surface area contributed by atoms with Gasteiger partial charge in [0.2, 0.25) is 0 Å². The third-order valence-corrected chi connectivity index (χ3v) is 6.37. The van der Waals surface area contributed by atoms with E-state index in [9.17, 15) is 19.2 Å². The number of carbonyl (C=O) groups excluding carboxylic acids is 4. The summed E-state index contributed by atoms with van der Waals surface area (Å²) in [7, 11) is 4.75. The Morgan fingerprint density at radius 2 is 0.872 bits per heavy atom. The number of methoxy groups -OCH3 is 2. The molecule has 228 valence electrons. The molecule has 0 saturated heterocycles. The van der Waals surface area contributed by atoms with Crippen molar-refractivity contribution in [1.82, 2.24) is 19.6 Å². The largest absolute Gasteiger partial charge is 0.469 e. The number of hydrogen-bond donors (Lipinski definition) is 0. The van der Waals surface area contributed by atoms with E-state index in [-0.39, 0.29) is 37.6 Å². The molecule has 0 N–H and O–H groups in total. The van der Waals surface area contributed by atoms with E-state index in [4.69, 9.17) is 9.47 Å². The smallest absolute Gasteiger partial charge is 0.344 e. The number of likely N-dealkylation sites (N-methyl/N-ethyl adjacent to an activating group) is 2. The summed E-state index contributed by atoms with van der Waals surface area (Å²) in [6, 6.07) is 0. The molecule has 0 rings (SSSR count). The van der Waals surface area contributed by atoms with Crippen LogP contribution in [0, 0.1) is 0 Å². The van der Waals surface area contributed by atoms with Crippen molar-refractivity contribution in [1.29, 1.82) is 0 Å². The van der Waals surface area contributed by atoms with Gasteiger partial charge in [-0.2, -0.15) is 0 Å². The van der Waals surface area contributed by atoms with E-state index in [0.717, 1.165) is 32.7 Å². The van der Waals surface area contributed by atoms with Crippen LogP contribution in [-0.4, -0.2) is 137 Å². The third kappa shape index (κ3) is 21.5. The lowest BCUT2D eigenvalue weighted by atomic mass is 10.3. The molecule has 0 heterocycles. The van der Waals surface area contributed by atoms with E-state index >= 15 is 0 Å². The Hall–Kier alpha value is -0.900. The van der Waals surface area contributed by atoms with Crippen molar-refractivity contribution in [3.05, 3.63) is 0 Å². The van der Waals surface area contributed by atoms with Crippen molar-refractivity contribution in [2.24, 2.45) is 0 Å².